The Morgan fingerprint density at radius 1 is 1.26 bits per heavy atom. The van der Waals surface area contributed by atoms with Gasteiger partial charge in [0.1, 0.15) is 5.69 Å². The third-order valence-corrected chi connectivity index (χ3v) is 8.37. The number of nitrogens with zero attached hydrogens (tertiary/aromatic N) is 3. The molecule has 27 heavy (non-hydrogen) atoms. The number of fused-ring (bicyclic) bond motifs is 1. The van der Waals surface area contributed by atoms with Crippen molar-refractivity contribution in [2.24, 2.45) is 11.1 Å². The predicted molar refractivity (Wildman–Crippen MR) is 95.9 cm³/mol. The molecule has 1 aromatic rings. The first-order chi connectivity index (χ1) is 12.6. The van der Waals surface area contributed by atoms with Crippen LogP contribution in [0.25, 0.3) is 0 Å². The minimum Gasteiger partial charge on any atom is -0.396 e. The molecule has 2 saturated carbocycles. The molecule has 0 saturated heterocycles. The van der Waals surface area contributed by atoms with Crippen LogP contribution < -0.4 is 5.73 Å². The van der Waals surface area contributed by atoms with E-state index in [-0.39, 0.29) is 30.2 Å². The molecule has 0 spiro atoms. The van der Waals surface area contributed by atoms with Crippen LogP contribution in [0.3, 0.4) is 0 Å². The molecule has 1 aliphatic heterocycles. The van der Waals surface area contributed by atoms with Gasteiger partial charge in [-0.15, -0.1) is 0 Å². The van der Waals surface area contributed by atoms with Gasteiger partial charge < -0.3 is 15.7 Å². The van der Waals surface area contributed by atoms with Crippen molar-refractivity contribution in [3.63, 3.8) is 0 Å². The molecule has 3 aliphatic rings. The van der Waals surface area contributed by atoms with Crippen LogP contribution in [0.2, 0.25) is 0 Å². The molecule has 0 unspecified atom stereocenters. The lowest BCUT2D eigenvalue weighted by molar-refractivity contribution is 0.0718. The molecule has 2 fully saturated rings. The zero-order chi connectivity index (χ0) is 19.6. The van der Waals surface area contributed by atoms with Crippen LogP contribution in [0.15, 0.2) is 0 Å². The first-order valence-electron chi connectivity index (χ1n) is 9.11. The Morgan fingerprint density at radius 3 is 2.41 bits per heavy atom. The largest absolute Gasteiger partial charge is 0.396 e. The molecular weight excluding hydrogens is 372 g/mol. The van der Waals surface area contributed by atoms with E-state index in [0.29, 0.717) is 43.6 Å². The highest BCUT2D eigenvalue weighted by atomic mass is 32.2. The van der Waals surface area contributed by atoms with Crippen LogP contribution in [-0.2, 0) is 22.8 Å². The van der Waals surface area contributed by atoms with Crippen molar-refractivity contribution in [2.75, 3.05) is 26.0 Å². The molecule has 0 atom stereocenters. The number of carbonyl (C=O) groups excluding carboxylic acids is 2. The van der Waals surface area contributed by atoms with Gasteiger partial charge in [0.25, 0.3) is 11.8 Å². The summed E-state index contributed by atoms with van der Waals surface area (Å²) < 4.78 is 24.8. The number of nitrogens with two attached hydrogens (primary N) is 1. The van der Waals surface area contributed by atoms with E-state index in [0.717, 1.165) is 12.8 Å². The molecular formula is C17H24N4O5S. The molecule has 9 nitrogen and oxygen atoms in total. The van der Waals surface area contributed by atoms with Crippen molar-refractivity contribution in [1.82, 2.24) is 14.7 Å². The predicted octanol–water partition coefficient (Wildman–Crippen LogP) is -0.670. The van der Waals surface area contributed by atoms with E-state index in [1.54, 1.807) is 4.90 Å². The Labute approximate surface area is 157 Å². The number of hydrogen-bond donors (Lipinski definition) is 2. The fourth-order valence-electron chi connectivity index (χ4n) is 3.93. The number of sulfone groups is 1. The fraction of sp³-hybridized carbons (Fsp3) is 0.706. The second-order valence-corrected chi connectivity index (χ2v) is 10.7. The number of hydrogen-bond acceptors (Lipinski definition) is 6. The quantitative estimate of drug-likeness (QED) is 0.627. The molecule has 0 aromatic carbocycles. The van der Waals surface area contributed by atoms with E-state index in [4.69, 9.17) is 5.73 Å². The Bertz CT molecular complexity index is 927. The van der Waals surface area contributed by atoms with Crippen LogP contribution in [0.1, 0.15) is 52.2 Å². The van der Waals surface area contributed by atoms with E-state index >= 15 is 0 Å². The Morgan fingerprint density at radius 2 is 1.93 bits per heavy atom. The number of aromatic nitrogens is 2. The highest BCUT2D eigenvalue weighted by Crippen LogP contribution is 2.47. The van der Waals surface area contributed by atoms with Crippen LogP contribution in [-0.4, -0.2) is 70.7 Å². The molecule has 148 valence electrons. The number of carbonyl (C=O) groups is 2. The van der Waals surface area contributed by atoms with Gasteiger partial charge in [0.2, 0.25) is 0 Å². The van der Waals surface area contributed by atoms with E-state index < -0.39 is 20.5 Å². The summed E-state index contributed by atoms with van der Waals surface area (Å²) >= 11 is 0. The second-order valence-electron chi connectivity index (χ2n) is 8.29. The molecule has 2 amide bonds. The van der Waals surface area contributed by atoms with Crippen molar-refractivity contribution in [2.45, 2.75) is 43.4 Å². The van der Waals surface area contributed by atoms with Crippen molar-refractivity contribution in [3.8, 4) is 0 Å². The molecule has 2 heterocycles. The Hall–Kier alpha value is -1.94. The number of primary amides is 1. The van der Waals surface area contributed by atoms with Crippen molar-refractivity contribution >= 4 is 21.7 Å². The topological polar surface area (TPSA) is 136 Å². The van der Waals surface area contributed by atoms with Crippen molar-refractivity contribution in [1.29, 1.82) is 0 Å². The lowest BCUT2D eigenvalue weighted by Gasteiger charge is -2.31. The molecule has 3 N–H and O–H groups in total. The standard InChI is InChI=1S/C17H24N4O5S/c1-27(25,26)17(5-6-17)9-20-7-2-11-12(14(18)23)19-21(13(11)15(20)24)8-16(10-22)3-4-16/h22H,2-10H2,1H3,(H2,18,23). The molecule has 4 rings (SSSR count). The van der Waals surface area contributed by atoms with E-state index in [1.807, 2.05) is 0 Å². The normalized spacial score (nSPS) is 22.4. The highest BCUT2D eigenvalue weighted by Gasteiger charge is 2.54. The van der Waals surface area contributed by atoms with Gasteiger partial charge in [-0.05, 0) is 32.1 Å². The van der Waals surface area contributed by atoms with Crippen LogP contribution in [0.4, 0.5) is 0 Å². The van der Waals surface area contributed by atoms with Gasteiger partial charge in [-0.3, -0.25) is 14.3 Å². The van der Waals surface area contributed by atoms with E-state index in [1.165, 1.54) is 10.9 Å². The van der Waals surface area contributed by atoms with Crippen LogP contribution in [0, 0.1) is 5.41 Å². The molecule has 1 aromatic heterocycles. The monoisotopic (exact) mass is 396 g/mol. The summed E-state index contributed by atoms with van der Waals surface area (Å²) in [5.41, 5.74) is 6.07. The van der Waals surface area contributed by atoms with Crippen molar-refractivity contribution in [3.05, 3.63) is 17.0 Å². The lowest BCUT2D eigenvalue weighted by atomic mass is 10.0. The smallest absolute Gasteiger partial charge is 0.272 e. The maximum Gasteiger partial charge on any atom is 0.272 e. The number of amides is 2. The van der Waals surface area contributed by atoms with Crippen LogP contribution in [0.5, 0.6) is 0 Å². The van der Waals surface area contributed by atoms with Crippen LogP contribution >= 0.6 is 0 Å². The summed E-state index contributed by atoms with van der Waals surface area (Å²) in [5, 5.41) is 13.9. The average molecular weight is 396 g/mol. The number of aliphatic hydroxyl groups is 1. The van der Waals surface area contributed by atoms with Gasteiger partial charge in [0, 0.05) is 36.9 Å². The summed E-state index contributed by atoms with van der Waals surface area (Å²) in [7, 11) is -3.26. The third kappa shape index (κ3) is 2.94. The van der Waals surface area contributed by atoms with Gasteiger partial charge in [0.15, 0.2) is 15.5 Å². The SMILES string of the molecule is CS(=O)(=O)C1(CN2CCc3c(C(N)=O)nn(CC4(CO)CC4)c3C2=O)CC1. The van der Waals surface area contributed by atoms with Gasteiger partial charge in [-0.2, -0.15) is 5.10 Å². The fourth-order valence-corrected chi connectivity index (χ4v) is 5.16. The molecule has 10 heteroatoms. The van der Waals surface area contributed by atoms with Gasteiger partial charge in [-0.1, -0.05) is 0 Å². The Balaban J connectivity index is 1.67. The average Bonchev–Trinajstić information content (AvgIpc) is 3.49. The first kappa shape index (κ1) is 18.4. The Kier molecular flexibility index (Phi) is 3.94. The zero-order valence-corrected chi connectivity index (χ0v) is 16.1. The van der Waals surface area contributed by atoms with E-state index in [9.17, 15) is 23.1 Å². The summed E-state index contributed by atoms with van der Waals surface area (Å²) in [4.78, 5) is 26.5. The van der Waals surface area contributed by atoms with Gasteiger partial charge in [0.05, 0.1) is 11.4 Å². The van der Waals surface area contributed by atoms with E-state index in [2.05, 4.69) is 5.10 Å². The molecule has 0 radical (unpaired) electrons. The second kappa shape index (κ2) is 5.78. The van der Waals surface area contributed by atoms with Gasteiger partial charge >= 0.3 is 0 Å². The minimum atomic E-state index is -3.26. The molecule has 2 aliphatic carbocycles. The summed E-state index contributed by atoms with van der Waals surface area (Å²) in [6, 6.07) is 0. The van der Waals surface area contributed by atoms with Gasteiger partial charge in [-0.25, -0.2) is 8.42 Å². The highest BCUT2D eigenvalue weighted by molar-refractivity contribution is 7.92. The molecule has 0 bridgehead atoms. The first-order valence-corrected chi connectivity index (χ1v) is 11.0. The third-order valence-electron chi connectivity index (χ3n) is 6.26. The van der Waals surface area contributed by atoms with Crippen molar-refractivity contribution < 1.29 is 23.1 Å². The number of rotatable bonds is 7. The maximum absolute atomic E-state index is 13.2. The lowest BCUT2D eigenvalue weighted by Crippen LogP contribution is -2.46. The summed E-state index contributed by atoms with van der Waals surface area (Å²) in [6.07, 6.45) is 4.40. The maximum atomic E-state index is 13.2. The minimum absolute atomic E-state index is 0.0113. The number of aliphatic hydroxyl groups excluding tert-OH is 1. The summed E-state index contributed by atoms with van der Waals surface area (Å²) in [6.45, 7) is 0.825. The summed E-state index contributed by atoms with van der Waals surface area (Å²) in [5.74, 6) is -1.00. The zero-order valence-electron chi connectivity index (χ0n) is 15.3.